The van der Waals surface area contributed by atoms with Crippen molar-refractivity contribution in [2.45, 2.75) is 45.6 Å². The molecule has 0 aliphatic carbocycles. The fourth-order valence-corrected chi connectivity index (χ4v) is 2.38. The van der Waals surface area contributed by atoms with Gasteiger partial charge in [0.05, 0.1) is 0 Å². The van der Waals surface area contributed by atoms with Gasteiger partial charge in [0.15, 0.2) is 0 Å². The first-order chi connectivity index (χ1) is 8.58. The van der Waals surface area contributed by atoms with Crippen molar-refractivity contribution in [2.75, 3.05) is 19.6 Å². The Hall–Kier alpha value is -0.810. The molecule has 2 amide bonds. The van der Waals surface area contributed by atoms with E-state index >= 15 is 0 Å². The molecule has 19 heavy (non-hydrogen) atoms. The van der Waals surface area contributed by atoms with Gasteiger partial charge in [0.25, 0.3) is 0 Å². The molecule has 5 nitrogen and oxygen atoms in total. The Bertz CT molecular complexity index is 300. The van der Waals surface area contributed by atoms with Crippen LogP contribution in [0.3, 0.4) is 0 Å². The summed E-state index contributed by atoms with van der Waals surface area (Å²) in [5.41, 5.74) is 5.63. The van der Waals surface area contributed by atoms with E-state index in [2.05, 4.69) is 5.32 Å². The van der Waals surface area contributed by atoms with Crippen LogP contribution in [0, 0.1) is 5.92 Å². The maximum atomic E-state index is 12.0. The second kappa shape index (κ2) is 9.15. The maximum absolute atomic E-state index is 12.0. The van der Waals surface area contributed by atoms with Crippen LogP contribution in [0.5, 0.6) is 0 Å². The fraction of sp³-hybridized carbons (Fsp3) is 0.846. The van der Waals surface area contributed by atoms with E-state index < -0.39 is 0 Å². The lowest BCUT2D eigenvalue weighted by atomic mass is 10.1. The summed E-state index contributed by atoms with van der Waals surface area (Å²) in [5, 5.41) is 2.78. The average molecular weight is 292 g/mol. The van der Waals surface area contributed by atoms with Gasteiger partial charge in [-0.3, -0.25) is 9.59 Å². The number of nitrogens with two attached hydrogens (primary N) is 1. The molecule has 3 N–H and O–H groups in total. The molecule has 1 saturated heterocycles. The number of carbonyl (C=O) groups is 2. The molecule has 0 saturated carbocycles. The number of halogens is 1. The Labute approximate surface area is 121 Å². The van der Waals surface area contributed by atoms with E-state index in [9.17, 15) is 9.59 Å². The molecule has 2 unspecified atom stereocenters. The molecule has 112 valence electrons. The summed E-state index contributed by atoms with van der Waals surface area (Å²) in [6.45, 7) is 6.11. The highest BCUT2D eigenvalue weighted by Gasteiger charge is 2.31. The number of hydrogen-bond donors (Lipinski definition) is 2. The Morgan fingerprint density at radius 3 is 2.58 bits per heavy atom. The number of nitrogens with zero attached hydrogens (tertiary/aromatic N) is 1. The molecule has 0 radical (unpaired) electrons. The molecule has 1 heterocycles. The van der Waals surface area contributed by atoms with Gasteiger partial charge in [-0.15, -0.1) is 12.4 Å². The molecule has 1 aliphatic heterocycles. The van der Waals surface area contributed by atoms with Crippen molar-refractivity contribution < 1.29 is 9.59 Å². The standard InChI is InChI=1S/C13H25N3O2.ClH/c1-3-6-15-12(17)4-5-13(18)16-9-11(8-14)7-10(16)2;/h10-11H,3-9,14H2,1-2H3,(H,15,17);1H. The quantitative estimate of drug-likeness (QED) is 0.764. The van der Waals surface area contributed by atoms with Crippen LogP contribution in [0.15, 0.2) is 0 Å². The van der Waals surface area contributed by atoms with Gasteiger partial charge in [-0.05, 0) is 32.2 Å². The summed E-state index contributed by atoms with van der Waals surface area (Å²) in [6, 6.07) is 0.254. The number of hydrogen-bond acceptors (Lipinski definition) is 3. The van der Waals surface area contributed by atoms with Gasteiger partial charge in [0, 0.05) is 32.0 Å². The molecule has 0 spiro atoms. The predicted octanol–water partition coefficient (Wildman–Crippen LogP) is 0.910. The summed E-state index contributed by atoms with van der Waals surface area (Å²) in [6.07, 6.45) is 2.48. The number of amides is 2. The highest BCUT2D eigenvalue weighted by molar-refractivity contribution is 5.85. The molecular weight excluding hydrogens is 266 g/mol. The molecule has 0 aromatic heterocycles. The number of carbonyl (C=O) groups excluding carboxylic acids is 2. The van der Waals surface area contributed by atoms with Crippen LogP contribution in [-0.4, -0.2) is 42.4 Å². The SMILES string of the molecule is CCCNC(=O)CCC(=O)N1CC(CN)CC1C.Cl. The third-order valence-corrected chi connectivity index (χ3v) is 3.45. The van der Waals surface area contributed by atoms with E-state index in [1.54, 1.807) is 0 Å². The summed E-state index contributed by atoms with van der Waals surface area (Å²) in [7, 11) is 0. The summed E-state index contributed by atoms with van der Waals surface area (Å²) >= 11 is 0. The van der Waals surface area contributed by atoms with Crippen LogP contribution in [0.4, 0.5) is 0 Å². The second-order valence-corrected chi connectivity index (χ2v) is 5.08. The number of nitrogens with one attached hydrogen (secondary N) is 1. The van der Waals surface area contributed by atoms with Crippen molar-refractivity contribution >= 4 is 24.2 Å². The summed E-state index contributed by atoms with van der Waals surface area (Å²) in [5.74, 6) is 0.454. The predicted molar refractivity (Wildman–Crippen MR) is 78.1 cm³/mol. The number of rotatable bonds is 6. The lowest BCUT2D eigenvalue weighted by Crippen LogP contribution is -2.35. The van der Waals surface area contributed by atoms with Crippen molar-refractivity contribution in [1.82, 2.24) is 10.2 Å². The first-order valence-electron chi connectivity index (χ1n) is 6.84. The van der Waals surface area contributed by atoms with Crippen LogP contribution in [0.2, 0.25) is 0 Å². The minimum absolute atomic E-state index is 0. The van der Waals surface area contributed by atoms with E-state index in [0.717, 1.165) is 19.4 Å². The smallest absolute Gasteiger partial charge is 0.223 e. The summed E-state index contributed by atoms with van der Waals surface area (Å²) in [4.78, 5) is 25.3. The Morgan fingerprint density at radius 2 is 2.05 bits per heavy atom. The molecule has 1 aliphatic rings. The highest BCUT2D eigenvalue weighted by Crippen LogP contribution is 2.22. The van der Waals surface area contributed by atoms with Gasteiger partial charge < -0.3 is 16.0 Å². The van der Waals surface area contributed by atoms with Gasteiger partial charge in [-0.2, -0.15) is 0 Å². The third-order valence-electron chi connectivity index (χ3n) is 3.45. The van der Waals surface area contributed by atoms with E-state index in [-0.39, 0.29) is 36.7 Å². The van der Waals surface area contributed by atoms with Crippen LogP contribution in [0.25, 0.3) is 0 Å². The van der Waals surface area contributed by atoms with Crippen molar-refractivity contribution in [1.29, 1.82) is 0 Å². The van der Waals surface area contributed by atoms with Gasteiger partial charge in [0.2, 0.25) is 11.8 Å². The topological polar surface area (TPSA) is 75.4 Å². The minimum Gasteiger partial charge on any atom is -0.356 e. The zero-order chi connectivity index (χ0) is 13.5. The van der Waals surface area contributed by atoms with Gasteiger partial charge in [-0.25, -0.2) is 0 Å². The fourth-order valence-electron chi connectivity index (χ4n) is 2.38. The van der Waals surface area contributed by atoms with Crippen molar-refractivity contribution in [3.05, 3.63) is 0 Å². The monoisotopic (exact) mass is 291 g/mol. The van der Waals surface area contributed by atoms with Gasteiger partial charge >= 0.3 is 0 Å². The molecule has 2 atom stereocenters. The molecular formula is C13H26ClN3O2. The zero-order valence-corrected chi connectivity index (χ0v) is 12.7. The van der Waals surface area contributed by atoms with Crippen LogP contribution >= 0.6 is 12.4 Å². The highest BCUT2D eigenvalue weighted by atomic mass is 35.5. The van der Waals surface area contributed by atoms with E-state index in [1.165, 1.54) is 0 Å². The lowest BCUT2D eigenvalue weighted by Gasteiger charge is -2.21. The molecule has 0 aromatic carbocycles. The first kappa shape index (κ1) is 18.2. The van der Waals surface area contributed by atoms with Crippen molar-refractivity contribution in [3.8, 4) is 0 Å². The van der Waals surface area contributed by atoms with Crippen molar-refractivity contribution in [2.24, 2.45) is 11.7 Å². The zero-order valence-electron chi connectivity index (χ0n) is 11.9. The van der Waals surface area contributed by atoms with Crippen LogP contribution in [0.1, 0.15) is 39.5 Å². The van der Waals surface area contributed by atoms with Gasteiger partial charge in [0.1, 0.15) is 0 Å². The second-order valence-electron chi connectivity index (χ2n) is 5.08. The maximum Gasteiger partial charge on any atom is 0.223 e. The van der Waals surface area contributed by atoms with E-state index in [4.69, 9.17) is 5.73 Å². The number of likely N-dealkylation sites (tertiary alicyclic amines) is 1. The van der Waals surface area contributed by atoms with E-state index in [1.807, 2.05) is 18.7 Å². The van der Waals surface area contributed by atoms with Crippen LogP contribution < -0.4 is 11.1 Å². The van der Waals surface area contributed by atoms with Gasteiger partial charge in [-0.1, -0.05) is 6.92 Å². The molecule has 0 aromatic rings. The Balaban J connectivity index is 0.00000324. The first-order valence-corrected chi connectivity index (χ1v) is 6.84. The Kier molecular flexibility index (Phi) is 8.76. The summed E-state index contributed by atoms with van der Waals surface area (Å²) < 4.78 is 0. The Morgan fingerprint density at radius 1 is 1.37 bits per heavy atom. The van der Waals surface area contributed by atoms with Crippen LogP contribution in [-0.2, 0) is 9.59 Å². The third kappa shape index (κ3) is 5.78. The molecule has 1 fully saturated rings. The lowest BCUT2D eigenvalue weighted by molar-refractivity contribution is -0.134. The van der Waals surface area contributed by atoms with E-state index in [0.29, 0.717) is 25.4 Å². The molecule has 0 bridgehead atoms. The molecule has 1 rings (SSSR count). The largest absolute Gasteiger partial charge is 0.356 e. The molecule has 6 heteroatoms. The van der Waals surface area contributed by atoms with Crippen molar-refractivity contribution in [3.63, 3.8) is 0 Å². The minimum atomic E-state index is -0.0348. The normalized spacial score (nSPS) is 21.9. The average Bonchev–Trinajstić information content (AvgIpc) is 2.74.